The standard InChI is InChI=1S/C10H19N3O3/c1-2-12-5-7-13(8-6-12)10(16)11-4-3-9(14)15/h2-8H2,1H3,(H,11,16)(H,14,15). The summed E-state index contributed by atoms with van der Waals surface area (Å²) in [6.45, 7) is 6.52. The Morgan fingerprint density at radius 1 is 1.25 bits per heavy atom. The summed E-state index contributed by atoms with van der Waals surface area (Å²) >= 11 is 0. The zero-order chi connectivity index (χ0) is 12.0. The van der Waals surface area contributed by atoms with E-state index in [2.05, 4.69) is 17.1 Å². The third kappa shape index (κ3) is 4.06. The first kappa shape index (κ1) is 12.8. The number of hydrogen-bond acceptors (Lipinski definition) is 3. The molecule has 0 aromatic rings. The number of amides is 2. The van der Waals surface area contributed by atoms with Gasteiger partial charge in [0.2, 0.25) is 0 Å². The van der Waals surface area contributed by atoms with Gasteiger partial charge in [0.15, 0.2) is 0 Å². The van der Waals surface area contributed by atoms with E-state index < -0.39 is 5.97 Å². The Morgan fingerprint density at radius 3 is 2.38 bits per heavy atom. The topological polar surface area (TPSA) is 72.9 Å². The van der Waals surface area contributed by atoms with Crippen LogP contribution in [0.5, 0.6) is 0 Å². The number of carbonyl (C=O) groups excluding carboxylic acids is 1. The van der Waals surface area contributed by atoms with Gasteiger partial charge in [-0.2, -0.15) is 0 Å². The Kier molecular flexibility index (Phi) is 5.04. The van der Waals surface area contributed by atoms with Crippen LogP contribution in [0.15, 0.2) is 0 Å². The van der Waals surface area contributed by atoms with Crippen LogP contribution in [0.25, 0.3) is 0 Å². The van der Waals surface area contributed by atoms with Gasteiger partial charge in [-0.25, -0.2) is 4.79 Å². The third-order valence-electron chi connectivity index (χ3n) is 2.72. The molecule has 92 valence electrons. The molecule has 6 nitrogen and oxygen atoms in total. The fourth-order valence-corrected chi connectivity index (χ4v) is 1.66. The van der Waals surface area contributed by atoms with Gasteiger partial charge in [0.05, 0.1) is 6.42 Å². The maximum atomic E-state index is 11.6. The normalized spacial score (nSPS) is 17.2. The molecule has 0 aliphatic carbocycles. The lowest BCUT2D eigenvalue weighted by Gasteiger charge is -2.33. The number of aliphatic carboxylic acids is 1. The third-order valence-corrected chi connectivity index (χ3v) is 2.72. The second kappa shape index (κ2) is 6.32. The van der Waals surface area contributed by atoms with Crippen molar-refractivity contribution in [2.75, 3.05) is 39.3 Å². The second-order valence-electron chi connectivity index (χ2n) is 3.80. The molecule has 0 spiro atoms. The molecule has 2 amide bonds. The maximum Gasteiger partial charge on any atom is 0.317 e. The van der Waals surface area contributed by atoms with E-state index >= 15 is 0 Å². The smallest absolute Gasteiger partial charge is 0.317 e. The van der Waals surface area contributed by atoms with E-state index in [1.807, 2.05) is 0 Å². The zero-order valence-corrected chi connectivity index (χ0v) is 9.61. The second-order valence-corrected chi connectivity index (χ2v) is 3.80. The van der Waals surface area contributed by atoms with Crippen molar-refractivity contribution in [2.24, 2.45) is 0 Å². The molecule has 0 atom stereocenters. The Hall–Kier alpha value is -1.30. The summed E-state index contributed by atoms with van der Waals surface area (Å²) in [7, 11) is 0. The number of nitrogens with zero attached hydrogens (tertiary/aromatic N) is 2. The first-order valence-electron chi connectivity index (χ1n) is 5.60. The predicted octanol–water partition coefficient (Wildman–Crippen LogP) is -0.192. The molecule has 0 bridgehead atoms. The van der Waals surface area contributed by atoms with Crippen LogP contribution in [0.1, 0.15) is 13.3 Å². The van der Waals surface area contributed by atoms with Gasteiger partial charge in [0, 0.05) is 32.7 Å². The first-order valence-corrected chi connectivity index (χ1v) is 5.60. The molecule has 1 saturated heterocycles. The summed E-state index contributed by atoms with van der Waals surface area (Å²) in [5.41, 5.74) is 0. The van der Waals surface area contributed by atoms with Gasteiger partial charge in [-0.1, -0.05) is 6.92 Å². The quantitative estimate of drug-likeness (QED) is 0.700. The summed E-state index contributed by atoms with van der Waals surface area (Å²) < 4.78 is 0. The Bertz CT molecular complexity index is 250. The molecule has 1 heterocycles. The fourth-order valence-electron chi connectivity index (χ4n) is 1.66. The van der Waals surface area contributed by atoms with Crippen molar-refractivity contribution in [1.29, 1.82) is 0 Å². The molecular weight excluding hydrogens is 210 g/mol. The van der Waals surface area contributed by atoms with Gasteiger partial charge in [-0.15, -0.1) is 0 Å². The number of carboxylic acid groups (broad SMARTS) is 1. The summed E-state index contributed by atoms with van der Waals surface area (Å²) in [4.78, 5) is 25.9. The van der Waals surface area contributed by atoms with Crippen LogP contribution in [0, 0.1) is 0 Å². The van der Waals surface area contributed by atoms with Crippen LogP contribution in [0.4, 0.5) is 4.79 Å². The first-order chi connectivity index (χ1) is 7.63. The van der Waals surface area contributed by atoms with Crippen molar-refractivity contribution >= 4 is 12.0 Å². The molecule has 0 saturated carbocycles. The van der Waals surface area contributed by atoms with Crippen molar-refractivity contribution in [3.8, 4) is 0 Å². The zero-order valence-electron chi connectivity index (χ0n) is 9.61. The highest BCUT2D eigenvalue weighted by Gasteiger charge is 2.19. The molecule has 1 rings (SSSR count). The number of nitrogens with one attached hydrogen (secondary N) is 1. The summed E-state index contributed by atoms with van der Waals surface area (Å²) in [5.74, 6) is -0.892. The Morgan fingerprint density at radius 2 is 1.88 bits per heavy atom. The molecule has 1 aliphatic heterocycles. The van der Waals surface area contributed by atoms with E-state index in [0.29, 0.717) is 13.1 Å². The number of rotatable bonds is 4. The van der Waals surface area contributed by atoms with Gasteiger partial charge >= 0.3 is 12.0 Å². The minimum atomic E-state index is -0.892. The number of carboxylic acids is 1. The highest BCUT2D eigenvalue weighted by molar-refractivity contribution is 5.75. The summed E-state index contributed by atoms with van der Waals surface area (Å²) in [5, 5.41) is 11.0. The van der Waals surface area contributed by atoms with Crippen molar-refractivity contribution in [1.82, 2.24) is 15.1 Å². The maximum absolute atomic E-state index is 11.6. The van der Waals surface area contributed by atoms with Gasteiger partial charge in [0.25, 0.3) is 0 Å². The Balaban J connectivity index is 2.20. The molecule has 1 fully saturated rings. The van der Waals surface area contributed by atoms with Gasteiger partial charge in [-0.3, -0.25) is 4.79 Å². The van der Waals surface area contributed by atoms with Gasteiger partial charge in [-0.05, 0) is 6.54 Å². The van der Waals surface area contributed by atoms with E-state index in [4.69, 9.17) is 5.11 Å². The number of hydrogen-bond donors (Lipinski definition) is 2. The van der Waals surface area contributed by atoms with Crippen LogP contribution in [0.2, 0.25) is 0 Å². The largest absolute Gasteiger partial charge is 0.481 e. The van der Waals surface area contributed by atoms with Gasteiger partial charge < -0.3 is 20.2 Å². The van der Waals surface area contributed by atoms with Crippen LogP contribution >= 0.6 is 0 Å². The highest BCUT2D eigenvalue weighted by Crippen LogP contribution is 2.01. The number of urea groups is 1. The lowest BCUT2D eigenvalue weighted by molar-refractivity contribution is -0.136. The molecule has 0 aromatic heterocycles. The van der Waals surface area contributed by atoms with Crippen LogP contribution < -0.4 is 5.32 Å². The molecule has 1 aliphatic rings. The number of carbonyl (C=O) groups is 2. The Labute approximate surface area is 95.2 Å². The average Bonchev–Trinajstić information content (AvgIpc) is 2.28. The van der Waals surface area contributed by atoms with E-state index in [1.54, 1.807) is 4.90 Å². The number of likely N-dealkylation sites (N-methyl/N-ethyl adjacent to an activating group) is 1. The molecule has 16 heavy (non-hydrogen) atoms. The summed E-state index contributed by atoms with van der Waals surface area (Å²) in [6.07, 6.45) is -0.0271. The molecule has 0 aromatic carbocycles. The lowest BCUT2D eigenvalue weighted by Crippen LogP contribution is -2.51. The SMILES string of the molecule is CCN1CCN(C(=O)NCCC(=O)O)CC1. The minimum Gasteiger partial charge on any atom is -0.481 e. The van der Waals surface area contributed by atoms with E-state index in [9.17, 15) is 9.59 Å². The van der Waals surface area contributed by atoms with Crippen molar-refractivity contribution in [3.05, 3.63) is 0 Å². The lowest BCUT2D eigenvalue weighted by atomic mass is 10.3. The average molecular weight is 229 g/mol. The van der Waals surface area contributed by atoms with Crippen molar-refractivity contribution in [2.45, 2.75) is 13.3 Å². The van der Waals surface area contributed by atoms with Crippen LogP contribution in [-0.2, 0) is 4.79 Å². The fraction of sp³-hybridized carbons (Fsp3) is 0.800. The molecule has 2 N–H and O–H groups in total. The monoisotopic (exact) mass is 229 g/mol. The van der Waals surface area contributed by atoms with Crippen molar-refractivity contribution < 1.29 is 14.7 Å². The van der Waals surface area contributed by atoms with E-state index in [1.165, 1.54) is 0 Å². The van der Waals surface area contributed by atoms with Gasteiger partial charge in [0.1, 0.15) is 0 Å². The molecule has 0 unspecified atom stereocenters. The minimum absolute atomic E-state index is 0.0271. The molecule has 6 heteroatoms. The van der Waals surface area contributed by atoms with E-state index in [0.717, 1.165) is 19.6 Å². The van der Waals surface area contributed by atoms with Crippen LogP contribution in [-0.4, -0.2) is 66.2 Å². The van der Waals surface area contributed by atoms with Crippen LogP contribution in [0.3, 0.4) is 0 Å². The van der Waals surface area contributed by atoms with E-state index in [-0.39, 0.29) is 19.0 Å². The highest BCUT2D eigenvalue weighted by atomic mass is 16.4. The van der Waals surface area contributed by atoms with Crippen molar-refractivity contribution in [3.63, 3.8) is 0 Å². The predicted molar refractivity (Wildman–Crippen MR) is 59.3 cm³/mol. The molecular formula is C10H19N3O3. The summed E-state index contributed by atoms with van der Waals surface area (Å²) in [6, 6.07) is -0.156. The molecule has 0 radical (unpaired) electrons. The number of piperazine rings is 1.